The number of aryl methyl sites for hydroxylation is 1. The molecule has 2 rings (SSSR count). The lowest BCUT2D eigenvalue weighted by molar-refractivity contribution is -0.134. The maximum Gasteiger partial charge on any atom is 0.389 e. The summed E-state index contributed by atoms with van der Waals surface area (Å²) in [6, 6.07) is 1.99. The maximum absolute atomic E-state index is 12.3. The Labute approximate surface area is 123 Å². The molecule has 0 saturated carbocycles. The number of halogens is 3. The van der Waals surface area contributed by atoms with Gasteiger partial charge < -0.3 is 9.80 Å². The predicted molar refractivity (Wildman–Crippen MR) is 75.3 cm³/mol. The molecule has 0 N–H and O–H groups in total. The van der Waals surface area contributed by atoms with Gasteiger partial charge in [-0.25, -0.2) is 9.97 Å². The summed E-state index contributed by atoms with van der Waals surface area (Å²) in [7, 11) is 4.07. The van der Waals surface area contributed by atoms with E-state index in [2.05, 4.69) is 19.8 Å². The van der Waals surface area contributed by atoms with Crippen molar-refractivity contribution in [2.45, 2.75) is 37.9 Å². The Kier molecular flexibility index (Phi) is 5.03. The van der Waals surface area contributed by atoms with E-state index in [-0.39, 0.29) is 6.42 Å². The van der Waals surface area contributed by atoms with Crippen molar-refractivity contribution in [1.82, 2.24) is 14.9 Å². The molecule has 21 heavy (non-hydrogen) atoms. The highest BCUT2D eigenvalue weighted by molar-refractivity contribution is 5.31. The second-order valence-electron chi connectivity index (χ2n) is 5.67. The second kappa shape index (κ2) is 6.60. The van der Waals surface area contributed by atoms with Crippen LogP contribution in [0.15, 0.2) is 12.3 Å². The van der Waals surface area contributed by atoms with Crippen molar-refractivity contribution in [3.05, 3.63) is 18.0 Å². The molecule has 1 atom stereocenters. The molecule has 1 aromatic rings. The number of aromatic nitrogens is 2. The van der Waals surface area contributed by atoms with E-state index < -0.39 is 12.6 Å². The molecule has 1 unspecified atom stereocenters. The molecule has 0 aliphatic carbocycles. The van der Waals surface area contributed by atoms with Gasteiger partial charge in [-0.05, 0) is 39.4 Å². The monoisotopic (exact) mass is 302 g/mol. The summed E-state index contributed by atoms with van der Waals surface area (Å²) in [5.41, 5.74) is 0.448. The largest absolute Gasteiger partial charge is 0.389 e. The van der Waals surface area contributed by atoms with Gasteiger partial charge in [0.05, 0.1) is 0 Å². The molecular weight excluding hydrogens is 281 g/mol. The highest BCUT2D eigenvalue weighted by atomic mass is 19.4. The summed E-state index contributed by atoms with van der Waals surface area (Å²) in [6.07, 6.45) is -1.37. The van der Waals surface area contributed by atoms with Crippen molar-refractivity contribution in [3.63, 3.8) is 0 Å². The summed E-state index contributed by atoms with van der Waals surface area (Å²) in [5, 5.41) is 0. The molecule has 0 radical (unpaired) electrons. The molecule has 1 aromatic heterocycles. The fraction of sp³-hybridized carbons (Fsp3) is 0.714. The Morgan fingerprint density at radius 2 is 2.14 bits per heavy atom. The first-order valence-electron chi connectivity index (χ1n) is 7.15. The number of hydrogen-bond acceptors (Lipinski definition) is 4. The molecule has 0 amide bonds. The maximum atomic E-state index is 12.3. The number of hydrogen-bond donors (Lipinski definition) is 0. The van der Waals surface area contributed by atoms with Crippen molar-refractivity contribution in [2.75, 3.05) is 32.1 Å². The molecular formula is C14H21F3N4. The first-order valence-corrected chi connectivity index (χ1v) is 7.15. The van der Waals surface area contributed by atoms with Crippen molar-refractivity contribution in [1.29, 1.82) is 0 Å². The van der Waals surface area contributed by atoms with Crippen LogP contribution in [0.2, 0.25) is 0 Å². The topological polar surface area (TPSA) is 32.3 Å². The minimum Gasteiger partial charge on any atom is -0.339 e. The van der Waals surface area contributed by atoms with Gasteiger partial charge in [0.25, 0.3) is 0 Å². The molecule has 2 heterocycles. The third-order valence-electron chi connectivity index (χ3n) is 3.77. The summed E-state index contributed by atoms with van der Waals surface area (Å²) in [5.74, 6) is 0.543. The SMILES string of the molecule is CN(C)C1CCCN(c2nccc(CCC(F)(F)F)n2)C1. The Hall–Kier alpha value is -1.37. The van der Waals surface area contributed by atoms with Gasteiger partial charge in [-0.3, -0.25) is 0 Å². The van der Waals surface area contributed by atoms with Crippen molar-refractivity contribution in [2.24, 2.45) is 0 Å². The minimum atomic E-state index is -4.15. The van der Waals surface area contributed by atoms with Crippen LogP contribution >= 0.6 is 0 Å². The number of alkyl halides is 3. The molecule has 118 valence electrons. The number of anilines is 1. The quantitative estimate of drug-likeness (QED) is 0.855. The Balaban J connectivity index is 2.03. The van der Waals surface area contributed by atoms with E-state index in [0.717, 1.165) is 25.9 Å². The van der Waals surface area contributed by atoms with Gasteiger partial charge in [0.1, 0.15) is 0 Å². The molecule has 0 spiro atoms. The lowest BCUT2D eigenvalue weighted by atomic mass is 10.1. The van der Waals surface area contributed by atoms with Gasteiger partial charge in [0.15, 0.2) is 0 Å². The van der Waals surface area contributed by atoms with Gasteiger partial charge in [-0.15, -0.1) is 0 Å². The van der Waals surface area contributed by atoms with Gasteiger partial charge in [0.2, 0.25) is 5.95 Å². The Morgan fingerprint density at radius 3 is 2.81 bits per heavy atom. The molecule has 1 fully saturated rings. The Morgan fingerprint density at radius 1 is 1.38 bits per heavy atom. The standard InChI is InChI=1S/C14H21F3N4/c1-20(2)12-4-3-9-21(10-12)13-18-8-6-11(19-13)5-7-14(15,16)17/h6,8,12H,3-5,7,9-10H2,1-2H3. The first kappa shape index (κ1) is 16.0. The van der Waals surface area contributed by atoms with Crippen molar-refractivity contribution < 1.29 is 13.2 Å². The van der Waals surface area contributed by atoms with Gasteiger partial charge in [-0.2, -0.15) is 13.2 Å². The third-order valence-corrected chi connectivity index (χ3v) is 3.77. The van der Waals surface area contributed by atoms with Crippen LogP contribution in [-0.4, -0.2) is 54.3 Å². The van der Waals surface area contributed by atoms with Crippen LogP contribution in [0.3, 0.4) is 0 Å². The van der Waals surface area contributed by atoms with E-state index in [4.69, 9.17) is 0 Å². The average molecular weight is 302 g/mol. The van der Waals surface area contributed by atoms with Crippen LogP contribution in [0.5, 0.6) is 0 Å². The molecule has 1 aliphatic rings. The van der Waals surface area contributed by atoms with Crippen molar-refractivity contribution in [3.8, 4) is 0 Å². The van der Waals surface area contributed by atoms with E-state index in [9.17, 15) is 13.2 Å². The zero-order valence-corrected chi connectivity index (χ0v) is 12.4. The highest BCUT2D eigenvalue weighted by Crippen LogP contribution is 2.23. The predicted octanol–water partition coefficient (Wildman–Crippen LogP) is 2.50. The van der Waals surface area contributed by atoms with Gasteiger partial charge >= 0.3 is 6.18 Å². The lowest BCUT2D eigenvalue weighted by Gasteiger charge is -2.36. The van der Waals surface area contributed by atoms with Crippen LogP contribution in [-0.2, 0) is 6.42 Å². The number of nitrogens with zero attached hydrogens (tertiary/aromatic N) is 4. The third kappa shape index (κ3) is 4.84. The number of piperidine rings is 1. The summed E-state index contributed by atoms with van der Waals surface area (Å²) < 4.78 is 36.8. The first-order chi connectivity index (χ1) is 9.85. The number of rotatable bonds is 4. The highest BCUT2D eigenvalue weighted by Gasteiger charge is 2.27. The fourth-order valence-corrected chi connectivity index (χ4v) is 2.50. The van der Waals surface area contributed by atoms with Crippen LogP contribution in [0.1, 0.15) is 25.0 Å². The molecule has 1 saturated heterocycles. The van der Waals surface area contributed by atoms with E-state index in [1.54, 1.807) is 12.3 Å². The zero-order valence-electron chi connectivity index (χ0n) is 12.4. The molecule has 1 aliphatic heterocycles. The fourth-order valence-electron chi connectivity index (χ4n) is 2.50. The molecule has 0 aromatic carbocycles. The average Bonchev–Trinajstić information content (AvgIpc) is 2.45. The van der Waals surface area contributed by atoms with Crippen LogP contribution in [0.4, 0.5) is 19.1 Å². The van der Waals surface area contributed by atoms with Crippen LogP contribution in [0, 0.1) is 0 Å². The smallest absolute Gasteiger partial charge is 0.339 e. The minimum absolute atomic E-state index is 0.0933. The van der Waals surface area contributed by atoms with Gasteiger partial charge in [-0.1, -0.05) is 0 Å². The summed E-state index contributed by atoms with van der Waals surface area (Å²) in [4.78, 5) is 12.7. The van der Waals surface area contributed by atoms with E-state index >= 15 is 0 Å². The molecule has 4 nitrogen and oxygen atoms in total. The lowest BCUT2D eigenvalue weighted by Crippen LogP contribution is -2.45. The van der Waals surface area contributed by atoms with Crippen LogP contribution in [0.25, 0.3) is 0 Å². The van der Waals surface area contributed by atoms with E-state index in [1.165, 1.54) is 0 Å². The van der Waals surface area contributed by atoms with Crippen LogP contribution < -0.4 is 4.90 Å². The summed E-state index contributed by atoms with van der Waals surface area (Å²) >= 11 is 0. The molecule has 0 bridgehead atoms. The normalized spacial score (nSPS) is 20.1. The molecule has 7 heteroatoms. The second-order valence-corrected chi connectivity index (χ2v) is 5.67. The van der Waals surface area contributed by atoms with E-state index in [1.807, 2.05) is 14.1 Å². The Bertz CT molecular complexity index is 462. The van der Waals surface area contributed by atoms with Gasteiger partial charge in [0, 0.05) is 37.4 Å². The van der Waals surface area contributed by atoms with Crippen molar-refractivity contribution >= 4 is 5.95 Å². The zero-order chi connectivity index (χ0) is 15.5. The van der Waals surface area contributed by atoms with E-state index in [0.29, 0.717) is 17.7 Å². The number of likely N-dealkylation sites (N-methyl/N-ethyl adjacent to an activating group) is 1. The summed E-state index contributed by atoms with van der Waals surface area (Å²) in [6.45, 7) is 1.67.